The molecule has 2 fully saturated rings. The van der Waals surface area contributed by atoms with Gasteiger partial charge in [-0.15, -0.1) is 0 Å². The standard InChI is InChI=1S/C23H27N3O5S/c27-23(26-10-2-9-25(11-12-26)15-17-5-6-17)18-3-1-4-19(13-18)24-32(28,29)20-7-8-21-22(14-20)31-16-30-21/h1,3-4,7-8,13-14,17,24H,2,5-6,9-12,15-16H2. The average Bonchev–Trinajstić information content (AvgIpc) is 3.53. The Morgan fingerprint density at radius 1 is 1.00 bits per heavy atom. The minimum absolute atomic E-state index is 0.0672. The van der Waals surface area contributed by atoms with E-state index in [-0.39, 0.29) is 17.6 Å². The van der Waals surface area contributed by atoms with E-state index in [2.05, 4.69) is 9.62 Å². The molecule has 9 heteroatoms. The lowest BCUT2D eigenvalue weighted by molar-refractivity contribution is 0.0761. The lowest BCUT2D eigenvalue weighted by Gasteiger charge is -2.22. The number of sulfonamides is 1. The van der Waals surface area contributed by atoms with Crippen LogP contribution in [-0.2, 0) is 10.0 Å². The van der Waals surface area contributed by atoms with Crippen molar-refractivity contribution in [2.75, 3.05) is 44.2 Å². The van der Waals surface area contributed by atoms with Gasteiger partial charge in [0, 0.05) is 43.5 Å². The summed E-state index contributed by atoms with van der Waals surface area (Å²) in [6.45, 7) is 4.53. The fourth-order valence-corrected chi connectivity index (χ4v) is 5.24. The number of ether oxygens (including phenoxy) is 2. The summed E-state index contributed by atoms with van der Waals surface area (Å²) < 4.78 is 38.8. The van der Waals surface area contributed by atoms with Crippen molar-refractivity contribution >= 4 is 21.6 Å². The molecule has 1 amide bonds. The lowest BCUT2D eigenvalue weighted by atomic mass is 10.1. The number of hydrogen-bond donors (Lipinski definition) is 1. The van der Waals surface area contributed by atoms with Gasteiger partial charge < -0.3 is 19.3 Å². The maximum absolute atomic E-state index is 13.1. The van der Waals surface area contributed by atoms with E-state index in [9.17, 15) is 13.2 Å². The number of amides is 1. The Morgan fingerprint density at radius 2 is 1.84 bits per heavy atom. The molecule has 1 saturated heterocycles. The Bertz CT molecular complexity index is 1120. The fourth-order valence-electron chi connectivity index (χ4n) is 4.18. The number of benzene rings is 2. The zero-order valence-electron chi connectivity index (χ0n) is 17.8. The number of anilines is 1. The Morgan fingerprint density at radius 3 is 2.69 bits per heavy atom. The first-order chi connectivity index (χ1) is 15.5. The van der Waals surface area contributed by atoms with Gasteiger partial charge in [0.05, 0.1) is 4.90 Å². The molecule has 2 aromatic carbocycles. The summed E-state index contributed by atoms with van der Waals surface area (Å²) in [5.74, 6) is 1.69. The zero-order chi connectivity index (χ0) is 22.1. The smallest absolute Gasteiger partial charge is 0.262 e. The van der Waals surface area contributed by atoms with E-state index in [1.54, 1.807) is 30.3 Å². The van der Waals surface area contributed by atoms with E-state index in [0.29, 0.717) is 35.8 Å². The highest BCUT2D eigenvalue weighted by molar-refractivity contribution is 7.92. The van der Waals surface area contributed by atoms with Gasteiger partial charge in [0.1, 0.15) is 0 Å². The lowest BCUT2D eigenvalue weighted by Crippen LogP contribution is -2.35. The van der Waals surface area contributed by atoms with E-state index < -0.39 is 10.0 Å². The number of carbonyl (C=O) groups excluding carboxylic acids is 1. The molecule has 5 rings (SSSR count). The van der Waals surface area contributed by atoms with E-state index in [1.807, 2.05) is 4.90 Å². The van der Waals surface area contributed by atoms with Crippen LogP contribution in [0.5, 0.6) is 11.5 Å². The molecule has 8 nitrogen and oxygen atoms in total. The first-order valence-corrected chi connectivity index (χ1v) is 12.5. The Balaban J connectivity index is 1.27. The first-order valence-electron chi connectivity index (χ1n) is 11.0. The van der Waals surface area contributed by atoms with E-state index >= 15 is 0 Å². The van der Waals surface area contributed by atoms with Crippen molar-refractivity contribution in [1.82, 2.24) is 9.80 Å². The maximum atomic E-state index is 13.1. The second kappa shape index (κ2) is 8.63. The molecular weight excluding hydrogens is 430 g/mol. The number of fused-ring (bicyclic) bond motifs is 1. The Kier molecular flexibility index (Phi) is 5.69. The van der Waals surface area contributed by atoms with Gasteiger partial charge in [-0.05, 0) is 62.1 Å². The van der Waals surface area contributed by atoms with E-state index in [0.717, 1.165) is 32.0 Å². The monoisotopic (exact) mass is 457 g/mol. The second-order valence-electron chi connectivity index (χ2n) is 8.59. The van der Waals surface area contributed by atoms with Gasteiger partial charge in [-0.25, -0.2) is 8.42 Å². The molecule has 2 heterocycles. The molecule has 0 bridgehead atoms. The summed E-state index contributed by atoms with van der Waals surface area (Å²) in [6, 6.07) is 11.1. The molecule has 3 aliphatic rings. The molecule has 2 aromatic rings. The number of hydrogen-bond acceptors (Lipinski definition) is 6. The van der Waals surface area contributed by atoms with Crippen molar-refractivity contribution in [3.05, 3.63) is 48.0 Å². The average molecular weight is 458 g/mol. The topological polar surface area (TPSA) is 88.2 Å². The van der Waals surface area contributed by atoms with E-state index in [1.165, 1.54) is 25.0 Å². The third-order valence-electron chi connectivity index (χ3n) is 6.11. The summed E-state index contributed by atoms with van der Waals surface area (Å²) >= 11 is 0. The van der Waals surface area contributed by atoms with Crippen LogP contribution in [0.1, 0.15) is 29.6 Å². The molecule has 1 saturated carbocycles. The molecule has 2 aliphatic heterocycles. The van der Waals surface area contributed by atoms with Gasteiger partial charge in [0.15, 0.2) is 11.5 Å². The van der Waals surface area contributed by atoms with Crippen molar-refractivity contribution in [2.24, 2.45) is 5.92 Å². The molecule has 0 radical (unpaired) electrons. The first kappa shape index (κ1) is 21.1. The summed E-state index contributed by atoms with van der Waals surface area (Å²) in [6.07, 6.45) is 3.61. The summed E-state index contributed by atoms with van der Waals surface area (Å²) in [7, 11) is -3.84. The van der Waals surface area contributed by atoms with Crippen molar-refractivity contribution in [2.45, 2.75) is 24.2 Å². The van der Waals surface area contributed by atoms with Crippen LogP contribution in [0.4, 0.5) is 5.69 Å². The van der Waals surface area contributed by atoms with Crippen molar-refractivity contribution in [3.8, 4) is 11.5 Å². The van der Waals surface area contributed by atoms with Crippen LogP contribution < -0.4 is 14.2 Å². The van der Waals surface area contributed by atoms with Gasteiger partial charge in [-0.1, -0.05) is 6.07 Å². The van der Waals surface area contributed by atoms with Crippen LogP contribution in [0, 0.1) is 5.92 Å². The number of rotatable bonds is 6. The summed E-state index contributed by atoms with van der Waals surface area (Å²) in [5.41, 5.74) is 0.824. The van der Waals surface area contributed by atoms with Crippen molar-refractivity contribution < 1.29 is 22.7 Å². The molecular formula is C23H27N3O5S. The molecule has 0 spiro atoms. The third-order valence-corrected chi connectivity index (χ3v) is 7.48. The number of carbonyl (C=O) groups is 1. The molecule has 170 valence electrons. The van der Waals surface area contributed by atoms with Gasteiger partial charge >= 0.3 is 0 Å². The number of nitrogens with one attached hydrogen (secondary N) is 1. The van der Waals surface area contributed by atoms with Crippen LogP contribution in [0.15, 0.2) is 47.4 Å². The fraction of sp³-hybridized carbons (Fsp3) is 0.435. The molecule has 1 N–H and O–H groups in total. The van der Waals surface area contributed by atoms with Gasteiger partial charge in [-0.2, -0.15) is 0 Å². The SMILES string of the molecule is O=C(c1cccc(NS(=O)(=O)c2ccc3c(c2)OCO3)c1)N1CCCN(CC2CC2)CC1. The maximum Gasteiger partial charge on any atom is 0.262 e. The zero-order valence-corrected chi connectivity index (χ0v) is 18.6. The Labute approximate surface area is 188 Å². The van der Waals surface area contributed by atoms with Crippen LogP contribution in [0.25, 0.3) is 0 Å². The predicted octanol–water partition coefficient (Wildman–Crippen LogP) is 2.77. The Hall–Kier alpha value is -2.78. The van der Waals surface area contributed by atoms with Gasteiger partial charge in [0.2, 0.25) is 6.79 Å². The van der Waals surface area contributed by atoms with Gasteiger partial charge in [-0.3, -0.25) is 9.52 Å². The molecule has 0 aromatic heterocycles. The van der Waals surface area contributed by atoms with Gasteiger partial charge in [0.25, 0.3) is 15.9 Å². The highest BCUT2D eigenvalue weighted by Gasteiger charge is 2.27. The van der Waals surface area contributed by atoms with Crippen LogP contribution in [0.3, 0.4) is 0 Å². The van der Waals surface area contributed by atoms with Crippen molar-refractivity contribution in [3.63, 3.8) is 0 Å². The summed E-state index contributed by atoms with van der Waals surface area (Å²) in [5, 5.41) is 0. The quantitative estimate of drug-likeness (QED) is 0.718. The molecule has 0 atom stereocenters. The largest absolute Gasteiger partial charge is 0.454 e. The third kappa shape index (κ3) is 4.68. The second-order valence-corrected chi connectivity index (χ2v) is 10.3. The van der Waals surface area contributed by atoms with Crippen LogP contribution in [0.2, 0.25) is 0 Å². The highest BCUT2D eigenvalue weighted by atomic mass is 32.2. The summed E-state index contributed by atoms with van der Waals surface area (Å²) in [4.78, 5) is 17.5. The normalized spacial score (nSPS) is 18.9. The van der Waals surface area contributed by atoms with Crippen LogP contribution in [-0.4, -0.2) is 63.6 Å². The molecule has 32 heavy (non-hydrogen) atoms. The predicted molar refractivity (Wildman–Crippen MR) is 120 cm³/mol. The molecule has 0 unspecified atom stereocenters. The van der Waals surface area contributed by atoms with Crippen molar-refractivity contribution in [1.29, 1.82) is 0 Å². The highest BCUT2D eigenvalue weighted by Crippen LogP contribution is 2.34. The molecule has 1 aliphatic carbocycles. The van der Waals surface area contributed by atoms with Crippen LogP contribution >= 0.6 is 0 Å². The minimum atomic E-state index is -3.84. The number of nitrogens with zero attached hydrogens (tertiary/aromatic N) is 2. The van der Waals surface area contributed by atoms with E-state index in [4.69, 9.17) is 9.47 Å². The minimum Gasteiger partial charge on any atom is -0.454 e.